The molecule has 6 nitrogen and oxygen atoms in total. The Hall–Kier alpha value is -2.15. The first kappa shape index (κ1) is 12.9. The molecule has 20 heavy (non-hydrogen) atoms. The van der Waals surface area contributed by atoms with Gasteiger partial charge in [-0.15, -0.1) is 5.10 Å². The Kier molecular flexibility index (Phi) is 3.51. The van der Waals surface area contributed by atoms with Gasteiger partial charge in [-0.25, -0.2) is 4.68 Å². The van der Waals surface area contributed by atoms with Gasteiger partial charge in [0.05, 0.1) is 6.54 Å². The molecule has 0 spiro atoms. The van der Waals surface area contributed by atoms with Crippen molar-refractivity contribution in [1.29, 1.82) is 0 Å². The monoisotopic (exact) mass is 333 g/mol. The van der Waals surface area contributed by atoms with Gasteiger partial charge >= 0.3 is 0 Å². The minimum atomic E-state index is 0.617. The lowest BCUT2D eigenvalue weighted by Crippen LogP contribution is -1.99. The van der Waals surface area contributed by atoms with E-state index in [-0.39, 0.29) is 0 Å². The maximum Gasteiger partial charge on any atom is 0.181 e. The van der Waals surface area contributed by atoms with E-state index in [1.54, 1.807) is 4.68 Å². The third kappa shape index (κ3) is 2.72. The Morgan fingerprint density at radius 1 is 1.30 bits per heavy atom. The molecule has 0 saturated heterocycles. The molecule has 0 aliphatic rings. The van der Waals surface area contributed by atoms with Gasteiger partial charge in [0.15, 0.2) is 10.5 Å². The second-order valence-corrected chi connectivity index (χ2v) is 5.05. The van der Waals surface area contributed by atoms with Gasteiger partial charge in [-0.3, -0.25) is 0 Å². The van der Waals surface area contributed by atoms with Crippen molar-refractivity contribution in [2.75, 3.05) is 5.32 Å². The zero-order valence-corrected chi connectivity index (χ0v) is 12.3. The van der Waals surface area contributed by atoms with Gasteiger partial charge in [0.2, 0.25) is 0 Å². The summed E-state index contributed by atoms with van der Waals surface area (Å²) in [6, 6.07) is 11.7. The Morgan fingerprint density at radius 3 is 2.90 bits per heavy atom. The first-order valence-electron chi connectivity index (χ1n) is 6.03. The van der Waals surface area contributed by atoms with Gasteiger partial charge in [0, 0.05) is 18.3 Å². The van der Waals surface area contributed by atoms with Crippen LogP contribution in [0.1, 0.15) is 5.76 Å². The van der Waals surface area contributed by atoms with E-state index in [1.807, 2.05) is 43.4 Å². The Labute approximate surface area is 123 Å². The highest BCUT2D eigenvalue weighted by atomic mass is 79.9. The number of furan rings is 1. The molecule has 0 unspecified atom stereocenters. The molecule has 0 saturated carbocycles. The fourth-order valence-corrected chi connectivity index (χ4v) is 2.22. The molecule has 0 aliphatic carbocycles. The molecule has 1 aromatic carbocycles. The van der Waals surface area contributed by atoms with Crippen LogP contribution >= 0.6 is 15.9 Å². The minimum Gasteiger partial charge on any atom is -0.452 e. The first-order chi connectivity index (χ1) is 9.72. The van der Waals surface area contributed by atoms with E-state index in [0.717, 1.165) is 27.5 Å². The van der Waals surface area contributed by atoms with Crippen LogP contribution in [0, 0.1) is 0 Å². The second kappa shape index (κ2) is 5.46. The fourth-order valence-electron chi connectivity index (χ4n) is 1.88. The molecule has 3 rings (SSSR count). The van der Waals surface area contributed by atoms with Gasteiger partial charge in [0.1, 0.15) is 5.76 Å². The van der Waals surface area contributed by atoms with Crippen LogP contribution < -0.4 is 5.32 Å². The molecular formula is C13H12BrN5O. The lowest BCUT2D eigenvalue weighted by atomic mass is 10.2. The zero-order chi connectivity index (χ0) is 13.9. The van der Waals surface area contributed by atoms with Crippen LogP contribution in [0.2, 0.25) is 0 Å². The number of hydrogen-bond acceptors (Lipinski definition) is 5. The highest BCUT2D eigenvalue weighted by Crippen LogP contribution is 2.21. The molecular weight excluding hydrogens is 322 g/mol. The summed E-state index contributed by atoms with van der Waals surface area (Å²) < 4.78 is 7.82. The average molecular weight is 334 g/mol. The van der Waals surface area contributed by atoms with Crippen LogP contribution in [0.25, 0.3) is 11.4 Å². The summed E-state index contributed by atoms with van der Waals surface area (Å²) in [6.45, 7) is 0.617. The zero-order valence-electron chi connectivity index (χ0n) is 10.7. The molecule has 3 aromatic rings. The van der Waals surface area contributed by atoms with Gasteiger partial charge < -0.3 is 9.73 Å². The van der Waals surface area contributed by atoms with Crippen LogP contribution in [-0.2, 0) is 13.6 Å². The quantitative estimate of drug-likeness (QED) is 0.795. The normalized spacial score (nSPS) is 10.7. The Bertz CT molecular complexity index is 721. The lowest BCUT2D eigenvalue weighted by molar-refractivity contribution is 0.495. The molecule has 2 heterocycles. The number of aromatic nitrogens is 4. The minimum absolute atomic E-state index is 0.617. The van der Waals surface area contributed by atoms with E-state index >= 15 is 0 Å². The summed E-state index contributed by atoms with van der Waals surface area (Å²) in [5, 5.41) is 14.8. The van der Waals surface area contributed by atoms with Crippen molar-refractivity contribution < 1.29 is 4.42 Å². The van der Waals surface area contributed by atoms with E-state index < -0.39 is 0 Å². The van der Waals surface area contributed by atoms with Crippen LogP contribution in [0.5, 0.6) is 0 Å². The molecule has 2 aromatic heterocycles. The van der Waals surface area contributed by atoms with Crippen molar-refractivity contribution in [3.05, 3.63) is 46.8 Å². The number of halogens is 1. The van der Waals surface area contributed by atoms with Crippen molar-refractivity contribution in [2.45, 2.75) is 6.54 Å². The van der Waals surface area contributed by atoms with Gasteiger partial charge in [-0.2, -0.15) is 0 Å². The van der Waals surface area contributed by atoms with Gasteiger partial charge in [-0.1, -0.05) is 12.1 Å². The summed E-state index contributed by atoms with van der Waals surface area (Å²) in [5.41, 5.74) is 1.95. The van der Waals surface area contributed by atoms with Crippen molar-refractivity contribution in [3.63, 3.8) is 0 Å². The number of nitrogens with zero attached hydrogens (tertiary/aromatic N) is 4. The SMILES string of the molecule is Cn1nnnc1-c1cccc(NCc2ccc(Br)o2)c1. The molecule has 0 fully saturated rings. The number of hydrogen-bond donors (Lipinski definition) is 1. The summed E-state index contributed by atoms with van der Waals surface area (Å²) in [6.07, 6.45) is 0. The molecule has 0 atom stereocenters. The van der Waals surface area contributed by atoms with E-state index in [9.17, 15) is 0 Å². The van der Waals surface area contributed by atoms with Crippen molar-refractivity contribution >= 4 is 21.6 Å². The second-order valence-electron chi connectivity index (χ2n) is 4.27. The highest BCUT2D eigenvalue weighted by molar-refractivity contribution is 9.10. The van der Waals surface area contributed by atoms with Crippen LogP contribution in [0.15, 0.2) is 45.5 Å². The summed E-state index contributed by atoms with van der Waals surface area (Å²) in [4.78, 5) is 0. The summed E-state index contributed by atoms with van der Waals surface area (Å²) in [7, 11) is 1.82. The van der Waals surface area contributed by atoms with Gasteiger partial charge in [0.25, 0.3) is 0 Å². The lowest BCUT2D eigenvalue weighted by Gasteiger charge is -2.06. The number of anilines is 1. The summed E-state index contributed by atoms with van der Waals surface area (Å²) >= 11 is 3.28. The third-order valence-electron chi connectivity index (χ3n) is 2.84. The maximum atomic E-state index is 5.44. The molecule has 7 heteroatoms. The van der Waals surface area contributed by atoms with Crippen molar-refractivity contribution in [1.82, 2.24) is 20.2 Å². The van der Waals surface area contributed by atoms with E-state index in [2.05, 4.69) is 36.8 Å². The van der Waals surface area contributed by atoms with E-state index in [0.29, 0.717) is 6.54 Å². The highest BCUT2D eigenvalue weighted by Gasteiger charge is 2.06. The Balaban J connectivity index is 1.76. The molecule has 102 valence electrons. The standard InChI is InChI=1S/C13H12BrN5O/c1-19-13(16-17-18-19)9-3-2-4-10(7-9)15-8-11-5-6-12(14)20-11/h2-7,15H,8H2,1H3. The Morgan fingerprint density at radius 2 is 2.20 bits per heavy atom. The molecule has 0 bridgehead atoms. The molecule has 0 aliphatic heterocycles. The number of benzene rings is 1. The number of aryl methyl sites for hydroxylation is 1. The largest absolute Gasteiger partial charge is 0.452 e. The smallest absolute Gasteiger partial charge is 0.181 e. The van der Waals surface area contributed by atoms with Gasteiger partial charge in [-0.05, 0) is 50.6 Å². The molecule has 0 amide bonds. The molecule has 0 radical (unpaired) electrons. The third-order valence-corrected chi connectivity index (χ3v) is 3.26. The summed E-state index contributed by atoms with van der Waals surface area (Å²) in [5.74, 6) is 1.59. The maximum absolute atomic E-state index is 5.44. The van der Waals surface area contributed by atoms with Crippen molar-refractivity contribution in [2.24, 2.45) is 7.05 Å². The van der Waals surface area contributed by atoms with Crippen LogP contribution in [0.3, 0.4) is 0 Å². The fraction of sp³-hybridized carbons (Fsp3) is 0.154. The molecule has 1 N–H and O–H groups in total. The topological polar surface area (TPSA) is 68.8 Å². The predicted molar refractivity (Wildman–Crippen MR) is 78.0 cm³/mol. The number of tetrazole rings is 1. The predicted octanol–water partition coefficient (Wildman–Crippen LogP) is 2.84. The van der Waals surface area contributed by atoms with Crippen molar-refractivity contribution in [3.8, 4) is 11.4 Å². The van der Waals surface area contributed by atoms with Crippen LogP contribution in [0.4, 0.5) is 5.69 Å². The van der Waals surface area contributed by atoms with E-state index in [1.165, 1.54) is 0 Å². The first-order valence-corrected chi connectivity index (χ1v) is 6.82. The number of nitrogens with one attached hydrogen (secondary N) is 1. The van der Waals surface area contributed by atoms with E-state index in [4.69, 9.17) is 4.42 Å². The number of rotatable bonds is 4. The average Bonchev–Trinajstić information content (AvgIpc) is 3.05. The van der Waals surface area contributed by atoms with Crippen LogP contribution in [-0.4, -0.2) is 20.2 Å².